The quantitative estimate of drug-likeness (QED) is 0.754. The van der Waals surface area contributed by atoms with Crippen LogP contribution in [0.3, 0.4) is 0 Å². The summed E-state index contributed by atoms with van der Waals surface area (Å²) in [4.78, 5) is 13.6. The van der Waals surface area contributed by atoms with E-state index < -0.39 is 17.4 Å². The van der Waals surface area contributed by atoms with Crippen LogP contribution in [0.4, 0.5) is 8.78 Å². The van der Waals surface area contributed by atoms with Gasteiger partial charge in [-0.15, -0.1) is 0 Å². The molecule has 0 amide bonds. The standard InChI is InChI=1S/C8H6F2N2O/c9-8(10)6-4-12-3-5(1-2-11)7(6)13/h3-4,8H,1H2,(H,12,13). The maximum Gasteiger partial charge on any atom is 0.269 e. The number of aromatic amines is 1. The molecule has 0 fully saturated rings. The molecule has 1 rings (SSSR count). The number of aromatic nitrogens is 1. The van der Waals surface area contributed by atoms with E-state index in [1.807, 2.05) is 0 Å². The van der Waals surface area contributed by atoms with E-state index in [9.17, 15) is 13.6 Å². The summed E-state index contributed by atoms with van der Waals surface area (Å²) < 4.78 is 24.3. The molecular weight excluding hydrogens is 178 g/mol. The molecule has 13 heavy (non-hydrogen) atoms. The Bertz CT molecular complexity index is 392. The number of hydrogen-bond donors (Lipinski definition) is 1. The van der Waals surface area contributed by atoms with Crippen molar-refractivity contribution in [2.75, 3.05) is 0 Å². The monoisotopic (exact) mass is 184 g/mol. The van der Waals surface area contributed by atoms with Crippen LogP contribution < -0.4 is 5.43 Å². The van der Waals surface area contributed by atoms with Crippen molar-refractivity contribution in [3.63, 3.8) is 0 Å². The number of hydrogen-bond acceptors (Lipinski definition) is 2. The van der Waals surface area contributed by atoms with Gasteiger partial charge in [0.25, 0.3) is 6.43 Å². The summed E-state index contributed by atoms with van der Waals surface area (Å²) in [6.07, 6.45) is -0.747. The molecule has 3 nitrogen and oxygen atoms in total. The Balaban J connectivity index is 3.21. The number of pyridine rings is 1. The molecule has 0 saturated carbocycles. The number of rotatable bonds is 2. The fourth-order valence-corrected chi connectivity index (χ4v) is 0.927. The van der Waals surface area contributed by atoms with E-state index in [-0.39, 0.29) is 12.0 Å². The minimum Gasteiger partial charge on any atom is -0.367 e. The lowest BCUT2D eigenvalue weighted by atomic mass is 10.1. The first kappa shape index (κ1) is 9.39. The average Bonchev–Trinajstić information content (AvgIpc) is 2.08. The van der Waals surface area contributed by atoms with Crippen molar-refractivity contribution in [2.24, 2.45) is 0 Å². The minimum atomic E-state index is -2.80. The first-order valence-corrected chi connectivity index (χ1v) is 3.51. The molecule has 1 N–H and O–H groups in total. The van der Waals surface area contributed by atoms with Gasteiger partial charge in [0.1, 0.15) is 0 Å². The molecule has 0 aliphatic carbocycles. The Morgan fingerprint density at radius 3 is 2.77 bits per heavy atom. The molecule has 0 aliphatic rings. The molecule has 0 unspecified atom stereocenters. The van der Waals surface area contributed by atoms with Gasteiger partial charge in [0.05, 0.1) is 18.1 Å². The van der Waals surface area contributed by atoms with Crippen molar-refractivity contribution < 1.29 is 8.78 Å². The van der Waals surface area contributed by atoms with Gasteiger partial charge in [-0.2, -0.15) is 5.26 Å². The Morgan fingerprint density at radius 2 is 2.23 bits per heavy atom. The third-order valence-electron chi connectivity index (χ3n) is 1.55. The maximum absolute atomic E-state index is 12.1. The molecule has 0 aromatic carbocycles. The normalized spacial score (nSPS) is 10.0. The van der Waals surface area contributed by atoms with Crippen molar-refractivity contribution in [3.05, 3.63) is 33.7 Å². The second-order valence-corrected chi connectivity index (χ2v) is 2.40. The van der Waals surface area contributed by atoms with Crippen LogP contribution >= 0.6 is 0 Å². The Hall–Kier alpha value is -1.70. The van der Waals surface area contributed by atoms with Gasteiger partial charge < -0.3 is 4.98 Å². The maximum atomic E-state index is 12.1. The molecule has 1 aromatic heterocycles. The van der Waals surface area contributed by atoms with Gasteiger partial charge in [-0.1, -0.05) is 0 Å². The number of nitrogens with one attached hydrogen (secondary N) is 1. The number of alkyl halides is 2. The van der Waals surface area contributed by atoms with Crippen LogP contribution in [-0.4, -0.2) is 4.98 Å². The third-order valence-corrected chi connectivity index (χ3v) is 1.55. The van der Waals surface area contributed by atoms with E-state index in [0.717, 1.165) is 6.20 Å². The van der Waals surface area contributed by atoms with Crippen molar-refractivity contribution in [1.29, 1.82) is 5.26 Å². The summed E-state index contributed by atoms with van der Waals surface area (Å²) in [7, 11) is 0. The van der Waals surface area contributed by atoms with Gasteiger partial charge in [0.15, 0.2) is 5.43 Å². The van der Waals surface area contributed by atoms with Crippen LogP contribution in [0.25, 0.3) is 0 Å². The summed E-state index contributed by atoms with van der Waals surface area (Å²) in [5.74, 6) is 0. The molecule has 0 radical (unpaired) electrons. The van der Waals surface area contributed by atoms with Crippen molar-refractivity contribution >= 4 is 0 Å². The number of H-pyrrole nitrogens is 1. The summed E-state index contributed by atoms with van der Waals surface area (Å²) >= 11 is 0. The SMILES string of the molecule is N#CCc1c[nH]cc(C(F)F)c1=O. The van der Waals surface area contributed by atoms with Crippen molar-refractivity contribution in [1.82, 2.24) is 4.98 Å². The summed E-state index contributed by atoms with van der Waals surface area (Å²) in [5, 5.41) is 8.28. The van der Waals surface area contributed by atoms with Crippen LogP contribution in [0.2, 0.25) is 0 Å². The third kappa shape index (κ3) is 1.90. The molecular formula is C8H6F2N2O. The largest absolute Gasteiger partial charge is 0.367 e. The van der Waals surface area contributed by atoms with Gasteiger partial charge in [0, 0.05) is 18.0 Å². The number of nitriles is 1. The van der Waals surface area contributed by atoms with Crippen LogP contribution in [0.1, 0.15) is 17.6 Å². The zero-order chi connectivity index (χ0) is 9.84. The van der Waals surface area contributed by atoms with E-state index in [4.69, 9.17) is 5.26 Å². The molecule has 5 heteroatoms. The molecule has 1 aromatic rings. The lowest BCUT2D eigenvalue weighted by Crippen LogP contribution is -2.14. The first-order chi connectivity index (χ1) is 6.16. The molecule has 0 spiro atoms. The lowest BCUT2D eigenvalue weighted by molar-refractivity contribution is 0.149. The highest BCUT2D eigenvalue weighted by Gasteiger charge is 2.13. The second-order valence-electron chi connectivity index (χ2n) is 2.40. The summed E-state index contributed by atoms with van der Waals surface area (Å²) in [6.45, 7) is 0. The zero-order valence-electron chi connectivity index (χ0n) is 6.55. The van der Waals surface area contributed by atoms with Crippen molar-refractivity contribution in [3.8, 4) is 6.07 Å². The topological polar surface area (TPSA) is 56.6 Å². The number of nitrogens with zero attached hydrogens (tertiary/aromatic N) is 1. The minimum absolute atomic E-state index is 0.0697. The highest BCUT2D eigenvalue weighted by Crippen LogP contribution is 2.13. The zero-order valence-corrected chi connectivity index (χ0v) is 6.55. The lowest BCUT2D eigenvalue weighted by Gasteiger charge is -1.99. The highest BCUT2D eigenvalue weighted by molar-refractivity contribution is 5.21. The molecule has 0 bridgehead atoms. The Morgan fingerprint density at radius 1 is 1.54 bits per heavy atom. The van der Waals surface area contributed by atoms with E-state index in [1.54, 1.807) is 6.07 Å². The fraction of sp³-hybridized carbons (Fsp3) is 0.250. The predicted molar refractivity (Wildman–Crippen MR) is 41.3 cm³/mol. The summed E-state index contributed by atoms with van der Waals surface area (Å²) in [6, 6.07) is 1.73. The van der Waals surface area contributed by atoms with Crippen LogP contribution in [0, 0.1) is 11.3 Å². The van der Waals surface area contributed by atoms with E-state index in [2.05, 4.69) is 4.98 Å². The molecule has 68 valence electrons. The average molecular weight is 184 g/mol. The Labute approximate surface area is 72.6 Å². The molecule has 0 saturated heterocycles. The van der Waals surface area contributed by atoms with Crippen LogP contribution in [0.15, 0.2) is 17.2 Å². The van der Waals surface area contributed by atoms with Gasteiger partial charge in [0.2, 0.25) is 0 Å². The smallest absolute Gasteiger partial charge is 0.269 e. The predicted octanol–water partition coefficient (Wildman–Crippen LogP) is 1.38. The van der Waals surface area contributed by atoms with E-state index >= 15 is 0 Å². The molecule has 0 aliphatic heterocycles. The van der Waals surface area contributed by atoms with Gasteiger partial charge in [-0.05, 0) is 0 Å². The second kappa shape index (κ2) is 3.81. The van der Waals surface area contributed by atoms with Crippen LogP contribution in [-0.2, 0) is 6.42 Å². The van der Waals surface area contributed by atoms with Gasteiger partial charge in [-0.3, -0.25) is 4.79 Å². The fourth-order valence-electron chi connectivity index (χ4n) is 0.927. The molecule has 0 atom stereocenters. The summed E-state index contributed by atoms with van der Waals surface area (Å²) in [5.41, 5.74) is -1.27. The van der Waals surface area contributed by atoms with Gasteiger partial charge in [-0.25, -0.2) is 8.78 Å². The first-order valence-electron chi connectivity index (χ1n) is 3.51. The van der Waals surface area contributed by atoms with Gasteiger partial charge >= 0.3 is 0 Å². The van der Waals surface area contributed by atoms with Crippen LogP contribution in [0.5, 0.6) is 0 Å². The van der Waals surface area contributed by atoms with E-state index in [0.29, 0.717) is 0 Å². The highest BCUT2D eigenvalue weighted by atomic mass is 19.3. The molecule has 1 heterocycles. The Kier molecular flexibility index (Phi) is 2.75. The number of halogens is 2. The van der Waals surface area contributed by atoms with Crippen molar-refractivity contribution in [2.45, 2.75) is 12.8 Å². The van der Waals surface area contributed by atoms with E-state index in [1.165, 1.54) is 6.20 Å².